The van der Waals surface area contributed by atoms with Gasteiger partial charge in [0.15, 0.2) is 4.80 Å². The Morgan fingerprint density at radius 2 is 1.81 bits per heavy atom. The summed E-state index contributed by atoms with van der Waals surface area (Å²) in [6.07, 6.45) is 0. The third-order valence-corrected chi connectivity index (χ3v) is 5.36. The minimum atomic E-state index is -0.228. The summed E-state index contributed by atoms with van der Waals surface area (Å²) in [6, 6.07) is 21.8. The number of fused-ring (bicyclic) bond motifs is 2. The highest BCUT2D eigenvalue weighted by atomic mass is 32.1. The van der Waals surface area contributed by atoms with Crippen molar-refractivity contribution in [3.63, 3.8) is 0 Å². The van der Waals surface area contributed by atoms with E-state index in [-0.39, 0.29) is 5.91 Å². The van der Waals surface area contributed by atoms with Crippen LogP contribution in [-0.2, 0) is 11.3 Å². The van der Waals surface area contributed by atoms with Crippen LogP contribution in [0.4, 0.5) is 0 Å². The molecule has 1 aromatic heterocycles. The van der Waals surface area contributed by atoms with Gasteiger partial charge in [-0.05, 0) is 35.0 Å². The SMILES string of the molecule is COCCn1c(=NC(=O)c2ccc3ccccc3c2)sc2ccccc21. The van der Waals surface area contributed by atoms with Crippen LogP contribution in [0, 0.1) is 0 Å². The van der Waals surface area contributed by atoms with E-state index < -0.39 is 0 Å². The molecule has 26 heavy (non-hydrogen) atoms. The molecule has 4 nitrogen and oxygen atoms in total. The number of hydrogen-bond donors (Lipinski definition) is 0. The number of benzene rings is 3. The molecule has 5 heteroatoms. The molecule has 0 spiro atoms. The van der Waals surface area contributed by atoms with Gasteiger partial charge in [0.05, 0.1) is 16.8 Å². The molecule has 0 aliphatic carbocycles. The van der Waals surface area contributed by atoms with E-state index in [0.717, 1.165) is 21.0 Å². The van der Waals surface area contributed by atoms with Crippen molar-refractivity contribution in [1.29, 1.82) is 0 Å². The van der Waals surface area contributed by atoms with Crippen LogP contribution in [0.5, 0.6) is 0 Å². The van der Waals surface area contributed by atoms with Gasteiger partial charge in [-0.1, -0.05) is 53.8 Å². The maximum absolute atomic E-state index is 12.8. The van der Waals surface area contributed by atoms with Crippen molar-refractivity contribution in [2.75, 3.05) is 13.7 Å². The van der Waals surface area contributed by atoms with Crippen LogP contribution >= 0.6 is 11.3 Å². The van der Waals surface area contributed by atoms with Gasteiger partial charge in [-0.3, -0.25) is 4.79 Å². The van der Waals surface area contributed by atoms with Crippen LogP contribution in [0.1, 0.15) is 10.4 Å². The predicted octanol–water partition coefficient (Wildman–Crippen LogP) is 4.24. The molecule has 1 heterocycles. The number of hydrogen-bond acceptors (Lipinski definition) is 3. The highest BCUT2D eigenvalue weighted by Gasteiger charge is 2.09. The lowest BCUT2D eigenvalue weighted by Gasteiger charge is -2.04. The van der Waals surface area contributed by atoms with Gasteiger partial charge in [-0.15, -0.1) is 0 Å². The number of rotatable bonds is 4. The molecule has 130 valence electrons. The van der Waals surface area contributed by atoms with Crippen LogP contribution in [0.15, 0.2) is 71.7 Å². The molecule has 0 saturated heterocycles. The van der Waals surface area contributed by atoms with Gasteiger partial charge in [0, 0.05) is 19.2 Å². The van der Waals surface area contributed by atoms with Crippen LogP contribution in [0.2, 0.25) is 0 Å². The van der Waals surface area contributed by atoms with Crippen molar-refractivity contribution < 1.29 is 9.53 Å². The topological polar surface area (TPSA) is 43.6 Å². The van der Waals surface area contributed by atoms with Crippen molar-refractivity contribution in [2.24, 2.45) is 4.99 Å². The molecule has 1 amide bonds. The standard InChI is InChI=1S/C21H18N2O2S/c1-25-13-12-23-18-8-4-5-9-19(18)26-21(23)22-20(24)17-11-10-15-6-2-3-7-16(15)14-17/h2-11,14H,12-13H2,1H3. The molecule has 4 rings (SSSR count). The first-order valence-electron chi connectivity index (χ1n) is 8.41. The Labute approximate surface area is 155 Å². The molecule has 0 saturated carbocycles. The minimum Gasteiger partial charge on any atom is -0.383 e. The number of nitrogens with zero attached hydrogens (tertiary/aromatic N) is 2. The van der Waals surface area contributed by atoms with E-state index in [1.807, 2.05) is 71.3 Å². The van der Waals surface area contributed by atoms with Crippen LogP contribution in [0.3, 0.4) is 0 Å². The molecule has 0 fully saturated rings. The highest BCUT2D eigenvalue weighted by Crippen LogP contribution is 2.18. The van der Waals surface area contributed by atoms with Gasteiger partial charge in [0.25, 0.3) is 5.91 Å². The number of ether oxygens (including phenoxy) is 1. The summed E-state index contributed by atoms with van der Waals surface area (Å²) in [5.74, 6) is -0.228. The summed E-state index contributed by atoms with van der Waals surface area (Å²) in [4.78, 5) is 17.9. The Balaban J connectivity index is 1.79. The van der Waals surface area contributed by atoms with E-state index in [1.54, 1.807) is 7.11 Å². The van der Waals surface area contributed by atoms with Crippen LogP contribution in [-0.4, -0.2) is 24.2 Å². The fraction of sp³-hybridized carbons (Fsp3) is 0.143. The minimum absolute atomic E-state index is 0.228. The fourth-order valence-electron chi connectivity index (χ4n) is 2.98. The van der Waals surface area contributed by atoms with Crippen LogP contribution < -0.4 is 4.80 Å². The first-order chi connectivity index (χ1) is 12.8. The Hall–Kier alpha value is -2.76. The summed E-state index contributed by atoms with van der Waals surface area (Å²) < 4.78 is 8.36. The van der Waals surface area contributed by atoms with Crippen molar-refractivity contribution in [3.8, 4) is 0 Å². The lowest BCUT2D eigenvalue weighted by molar-refractivity contribution is 0.0997. The van der Waals surface area contributed by atoms with E-state index in [2.05, 4.69) is 4.99 Å². The monoisotopic (exact) mass is 362 g/mol. The summed E-state index contributed by atoms with van der Waals surface area (Å²) in [6.45, 7) is 1.22. The number of para-hydroxylation sites is 1. The molecule has 0 unspecified atom stereocenters. The quantitative estimate of drug-likeness (QED) is 0.545. The molecule has 4 aromatic rings. The van der Waals surface area contributed by atoms with E-state index >= 15 is 0 Å². The number of carbonyl (C=O) groups excluding carboxylic acids is 1. The van der Waals surface area contributed by atoms with E-state index in [4.69, 9.17) is 4.74 Å². The van der Waals surface area contributed by atoms with E-state index in [9.17, 15) is 4.79 Å². The average Bonchev–Trinajstić information content (AvgIpc) is 3.02. The second-order valence-electron chi connectivity index (χ2n) is 5.98. The summed E-state index contributed by atoms with van der Waals surface area (Å²) >= 11 is 1.52. The molecule has 0 N–H and O–H groups in total. The van der Waals surface area contributed by atoms with Crippen molar-refractivity contribution in [3.05, 3.63) is 77.1 Å². The van der Waals surface area contributed by atoms with E-state index in [1.165, 1.54) is 11.3 Å². The van der Waals surface area contributed by atoms with Gasteiger partial charge in [-0.25, -0.2) is 0 Å². The molecule has 0 radical (unpaired) electrons. The zero-order valence-corrected chi connectivity index (χ0v) is 15.2. The number of methoxy groups -OCH3 is 1. The molecule has 0 aliphatic heterocycles. The van der Waals surface area contributed by atoms with E-state index in [0.29, 0.717) is 23.5 Å². The van der Waals surface area contributed by atoms with Gasteiger partial charge in [0.2, 0.25) is 0 Å². The molecule has 0 aliphatic rings. The third kappa shape index (κ3) is 3.19. The molecule has 3 aromatic carbocycles. The van der Waals surface area contributed by atoms with Crippen molar-refractivity contribution >= 4 is 38.2 Å². The van der Waals surface area contributed by atoms with Crippen LogP contribution in [0.25, 0.3) is 21.0 Å². The van der Waals surface area contributed by atoms with Crippen molar-refractivity contribution in [2.45, 2.75) is 6.54 Å². The highest BCUT2D eigenvalue weighted by molar-refractivity contribution is 7.16. The zero-order valence-electron chi connectivity index (χ0n) is 14.4. The van der Waals surface area contributed by atoms with Gasteiger partial charge >= 0.3 is 0 Å². The Bertz CT molecular complexity index is 1160. The Kier molecular flexibility index (Phi) is 4.65. The van der Waals surface area contributed by atoms with Gasteiger partial charge < -0.3 is 9.30 Å². The predicted molar refractivity (Wildman–Crippen MR) is 106 cm³/mol. The Morgan fingerprint density at radius 1 is 1.04 bits per heavy atom. The molecule has 0 atom stereocenters. The first-order valence-corrected chi connectivity index (χ1v) is 9.23. The second kappa shape index (κ2) is 7.23. The van der Waals surface area contributed by atoms with Gasteiger partial charge in [0.1, 0.15) is 0 Å². The normalized spacial score (nSPS) is 12.1. The Morgan fingerprint density at radius 3 is 2.65 bits per heavy atom. The first kappa shape index (κ1) is 16.7. The maximum Gasteiger partial charge on any atom is 0.279 e. The lowest BCUT2D eigenvalue weighted by Crippen LogP contribution is -2.19. The molecular weight excluding hydrogens is 344 g/mol. The molecular formula is C21H18N2O2S. The smallest absolute Gasteiger partial charge is 0.279 e. The maximum atomic E-state index is 12.8. The lowest BCUT2D eigenvalue weighted by atomic mass is 10.1. The number of amides is 1. The average molecular weight is 362 g/mol. The molecule has 0 bridgehead atoms. The fourth-order valence-corrected chi connectivity index (χ4v) is 4.03. The van der Waals surface area contributed by atoms with Crippen molar-refractivity contribution in [1.82, 2.24) is 4.57 Å². The largest absolute Gasteiger partial charge is 0.383 e. The summed E-state index contributed by atoms with van der Waals surface area (Å²) in [5, 5.41) is 2.15. The number of carbonyl (C=O) groups is 1. The summed E-state index contributed by atoms with van der Waals surface area (Å²) in [7, 11) is 1.67. The third-order valence-electron chi connectivity index (χ3n) is 4.30. The number of thiazole rings is 1. The zero-order chi connectivity index (χ0) is 17.9. The number of aromatic nitrogens is 1. The van der Waals surface area contributed by atoms with Gasteiger partial charge in [-0.2, -0.15) is 4.99 Å². The second-order valence-corrected chi connectivity index (χ2v) is 6.98. The summed E-state index contributed by atoms with van der Waals surface area (Å²) in [5.41, 5.74) is 1.67.